The summed E-state index contributed by atoms with van der Waals surface area (Å²) in [5, 5.41) is 9.16. The first-order valence-corrected chi connectivity index (χ1v) is 11.4. The number of hydrogen-bond donors (Lipinski definition) is 3. The summed E-state index contributed by atoms with van der Waals surface area (Å²) >= 11 is 1.38. The van der Waals surface area contributed by atoms with E-state index < -0.39 is 6.04 Å². The number of aromatic amines is 1. The standard InChI is InChI=1S/C25H26N4O2S/c1-14-9-16(3)20(10-15(14)2)23-13-32-25(28-23)29-24(31)22(27-17(4)30)11-18-12-26-21-8-6-5-7-19(18)21/h5-10,12-13,22,26H,11H2,1-4H3,(H,27,30)(H,28,29,31)/t22-/m0/s1. The van der Waals surface area contributed by atoms with Crippen molar-refractivity contribution in [2.24, 2.45) is 0 Å². The smallest absolute Gasteiger partial charge is 0.249 e. The summed E-state index contributed by atoms with van der Waals surface area (Å²) in [5.74, 6) is -0.543. The zero-order chi connectivity index (χ0) is 22.8. The fraction of sp³-hybridized carbons (Fsp3) is 0.240. The summed E-state index contributed by atoms with van der Waals surface area (Å²) in [5.41, 5.74) is 7.45. The van der Waals surface area contributed by atoms with Crippen LogP contribution in [0.5, 0.6) is 0 Å². The molecule has 0 radical (unpaired) electrons. The summed E-state index contributed by atoms with van der Waals surface area (Å²) in [7, 11) is 0. The molecule has 2 aromatic heterocycles. The molecule has 2 aromatic carbocycles. The molecule has 2 heterocycles. The molecule has 4 aromatic rings. The second kappa shape index (κ2) is 8.96. The Morgan fingerprint density at radius 1 is 1.09 bits per heavy atom. The first-order valence-electron chi connectivity index (χ1n) is 10.5. The zero-order valence-electron chi connectivity index (χ0n) is 18.6. The predicted molar refractivity (Wildman–Crippen MR) is 130 cm³/mol. The highest BCUT2D eigenvalue weighted by molar-refractivity contribution is 7.14. The van der Waals surface area contributed by atoms with Gasteiger partial charge in [0, 0.05) is 41.4 Å². The predicted octanol–water partition coefficient (Wildman–Crippen LogP) is 4.90. The van der Waals surface area contributed by atoms with E-state index in [0.717, 1.165) is 33.3 Å². The summed E-state index contributed by atoms with van der Waals surface area (Å²) < 4.78 is 0. The first kappa shape index (κ1) is 21.8. The lowest BCUT2D eigenvalue weighted by Gasteiger charge is -2.16. The van der Waals surface area contributed by atoms with E-state index in [9.17, 15) is 9.59 Å². The summed E-state index contributed by atoms with van der Waals surface area (Å²) in [4.78, 5) is 32.7. The number of fused-ring (bicyclic) bond motifs is 1. The maximum absolute atomic E-state index is 13.1. The van der Waals surface area contributed by atoms with E-state index in [1.54, 1.807) is 0 Å². The van der Waals surface area contributed by atoms with Crippen molar-refractivity contribution in [3.63, 3.8) is 0 Å². The van der Waals surface area contributed by atoms with Gasteiger partial charge < -0.3 is 15.6 Å². The minimum absolute atomic E-state index is 0.254. The van der Waals surface area contributed by atoms with Gasteiger partial charge in [0.2, 0.25) is 11.8 Å². The van der Waals surface area contributed by atoms with E-state index in [2.05, 4.69) is 53.5 Å². The van der Waals surface area contributed by atoms with Gasteiger partial charge in [0.05, 0.1) is 5.69 Å². The van der Waals surface area contributed by atoms with Crippen molar-refractivity contribution in [1.82, 2.24) is 15.3 Å². The lowest BCUT2D eigenvalue weighted by Crippen LogP contribution is -2.44. The molecular formula is C25H26N4O2S. The number of rotatable bonds is 6. The third kappa shape index (κ3) is 4.57. The lowest BCUT2D eigenvalue weighted by molar-refractivity contribution is -0.125. The van der Waals surface area contributed by atoms with E-state index in [-0.39, 0.29) is 11.8 Å². The van der Waals surface area contributed by atoms with Crippen LogP contribution in [0.1, 0.15) is 29.2 Å². The molecule has 0 spiro atoms. The van der Waals surface area contributed by atoms with Crippen molar-refractivity contribution in [3.05, 3.63) is 70.2 Å². The van der Waals surface area contributed by atoms with Crippen molar-refractivity contribution in [2.75, 3.05) is 5.32 Å². The number of benzene rings is 2. The van der Waals surface area contributed by atoms with Crippen LogP contribution in [-0.2, 0) is 16.0 Å². The molecular weight excluding hydrogens is 420 g/mol. The van der Waals surface area contributed by atoms with Crippen LogP contribution in [0.3, 0.4) is 0 Å². The molecule has 6 nitrogen and oxygen atoms in total. The topological polar surface area (TPSA) is 86.9 Å². The van der Waals surface area contributed by atoms with Gasteiger partial charge in [-0.05, 0) is 55.2 Å². The zero-order valence-corrected chi connectivity index (χ0v) is 19.4. The van der Waals surface area contributed by atoms with Crippen molar-refractivity contribution in [3.8, 4) is 11.3 Å². The molecule has 3 N–H and O–H groups in total. The number of thiazole rings is 1. The summed E-state index contributed by atoms with van der Waals surface area (Å²) in [6, 6.07) is 11.5. The lowest BCUT2D eigenvalue weighted by atomic mass is 9.99. The van der Waals surface area contributed by atoms with Crippen LogP contribution in [0.4, 0.5) is 5.13 Å². The Kier molecular flexibility index (Phi) is 6.10. The van der Waals surface area contributed by atoms with E-state index in [0.29, 0.717) is 11.6 Å². The van der Waals surface area contributed by atoms with Crippen molar-refractivity contribution < 1.29 is 9.59 Å². The summed E-state index contributed by atoms with van der Waals surface area (Å²) in [6.45, 7) is 7.65. The normalized spacial score (nSPS) is 12.0. The van der Waals surface area contributed by atoms with Crippen LogP contribution in [0.25, 0.3) is 22.2 Å². The number of amides is 2. The molecule has 0 aliphatic carbocycles. The molecule has 4 rings (SSSR count). The second-order valence-electron chi connectivity index (χ2n) is 8.10. The van der Waals surface area contributed by atoms with Crippen molar-refractivity contribution in [1.29, 1.82) is 0 Å². The van der Waals surface area contributed by atoms with Crippen molar-refractivity contribution >= 4 is 39.2 Å². The fourth-order valence-electron chi connectivity index (χ4n) is 3.86. The largest absolute Gasteiger partial charge is 0.361 e. The molecule has 164 valence electrons. The maximum Gasteiger partial charge on any atom is 0.249 e. The van der Waals surface area contributed by atoms with Crippen LogP contribution in [0.2, 0.25) is 0 Å². The number of carbonyl (C=O) groups is 2. The Balaban J connectivity index is 1.54. The number of anilines is 1. The Bertz CT molecular complexity index is 1300. The van der Waals surface area contributed by atoms with Crippen LogP contribution >= 0.6 is 11.3 Å². The number of hydrogen-bond acceptors (Lipinski definition) is 4. The van der Waals surface area contributed by atoms with Gasteiger partial charge in [-0.2, -0.15) is 0 Å². The van der Waals surface area contributed by atoms with Gasteiger partial charge in [0.1, 0.15) is 6.04 Å². The van der Waals surface area contributed by atoms with Crippen LogP contribution < -0.4 is 10.6 Å². The third-order valence-corrected chi connectivity index (χ3v) is 6.40. The number of nitrogens with one attached hydrogen (secondary N) is 3. The highest BCUT2D eigenvalue weighted by atomic mass is 32.1. The molecule has 1 atom stereocenters. The highest BCUT2D eigenvalue weighted by Crippen LogP contribution is 2.29. The highest BCUT2D eigenvalue weighted by Gasteiger charge is 2.23. The van der Waals surface area contributed by atoms with E-state index >= 15 is 0 Å². The Morgan fingerprint density at radius 2 is 1.84 bits per heavy atom. The molecule has 7 heteroatoms. The number of aromatic nitrogens is 2. The molecule has 2 amide bonds. The first-order chi connectivity index (χ1) is 15.3. The molecule has 0 unspecified atom stereocenters. The molecule has 0 fully saturated rings. The minimum Gasteiger partial charge on any atom is -0.361 e. The third-order valence-electron chi connectivity index (χ3n) is 5.64. The van der Waals surface area contributed by atoms with Crippen molar-refractivity contribution in [2.45, 2.75) is 40.2 Å². The van der Waals surface area contributed by atoms with Crippen LogP contribution in [0.15, 0.2) is 48.0 Å². The van der Waals surface area contributed by atoms with Gasteiger partial charge in [0.25, 0.3) is 0 Å². The molecule has 0 saturated heterocycles. The SMILES string of the molecule is CC(=O)N[C@@H](Cc1c[nH]c2ccccc12)C(=O)Nc1nc(-c2cc(C)c(C)cc2C)cs1. The number of nitrogens with zero attached hydrogens (tertiary/aromatic N) is 1. The minimum atomic E-state index is -0.706. The number of carbonyl (C=O) groups excluding carboxylic acids is 2. The van der Waals surface area contributed by atoms with E-state index in [1.807, 2.05) is 35.8 Å². The maximum atomic E-state index is 13.1. The van der Waals surface area contributed by atoms with Gasteiger partial charge in [-0.3, -0.25) is 9.59 Å². The molecule has 0 saturated carbocycles. The van der Waals surface area contributed by atoms with Crippen LogP contribution in [0, 0.1) is 20.8 Å². The Labute approximate surface area is 191 Å². The number of H-pyrrole nitrogens is 1. The van der Waals surface area contributed by atoms with Gasteiger partial charge in [-0.15, -0.1) is 11.3 Å². The molecule has 0 bridgehead atoms. The van der Waals surface area contributed by atoms with E-state index in [4.69, 9.17) is 0 Å². The Hall–Kier alpha value is -3.45. The number of para-hydroxylation sites is 1. The monoisotopic (exact) mass is 446 g/mol. The van der Waals surface area contributed by atoms with Crippen LogP contribution in [-0.4, -0.2) is 27.8 Å². The van der Waals surface area contributed by atoms with Gasteiger partial charge >= 0.3 is 0 Å². The molecule has 0 aliphatic rings. The number of aryl methyl sites for hydroxylation is 3. The van der Waals surface area contributed by atoms with Gasteiger partial charge in [0.15, 0.2) is 5.13 Å². The fourth-order valence-corrected chi connectivity index (χ4v) is 4.57. The molecule has 32 heavy (non-hydrogen) atoms. The van der Waals surface area contributed by atoms with E-state index in [1.165, 1.54) is 29.4 Å². The average molecular weight is 447 g/mol. The second-order valence-corrected chi connectivity index (χ2v) is 8.95. The Morgan fingerprint density at radius 3 is 2.62 bits per heavy atom. The van der Waals surface area contributed by atoms with Gasteiger partial charge in [-0.1, -0.05) is 24.3 Å². The summed E-state index contributed by atoms with van der Waals surface area (Å²) in [6.07, 6.45) is 2.26. The molecule has 0 aliphatic heterocycles. The van der Waals surface area contributed by atoms with Gasteiger partial charge in [-0.25, -0.2) is 4.98 Å². The quantitative estimate of drug-likeness (QED) is 0.394. The average Bonchev–Trinajstić information content (AvgIpc) is 3.37.